The van der Waals surface area contributed by atoms with Gasteiger partial charge >= 0.3 is 5.69 Å². The summed E-state index contributed by atoms with van der Waals surface area (Å²) in [4.78, 5) is 11.2. The minimum Gasteiger partial charge on any atom is -0.244 e. The molecule has 2 aromatic rings. The molecular weight excluding hydrogens is 211 g/mol. The Morgan fingerprint density at radius 3 is 2.88 bits per heavy atom. The molecular formula is C10H9FN4O. The van der Waals surface area contributed by atoms with Gasteiger partial charge in [0.05, 0.1) is 6.21 Å². The predicted molar refractivity (Wildman–Crippen MR) is 57.0 cm³/mol. The first-order valence-electron chi connectivity index (χ1n) is 4.61. The fraction of sp³-hybridized carbons (Fsp3) is 0.100. The summed E-state index contributed by atoms with van der Waals surface area (Å²) in [7, 11) is 0. The lowest BCUT2D eigenvalue weighted by molar-refractivity contribution is 0.625. The Kier molecular flexibility index (Phi) is 2.63. The molecule has 0 unspecified atom stereocenters. The van der Waals surface area contributed by atoms with Crippen LogP contribution >= 0.6 is 0 Å². The molecule has 1 aromatic carbocycles. The van der Waals surface area contributed by atoms with Gasteiger partial charge < -0.3 is 0 Å². The molecule has 6 heteroatoms. The molecule has 0 aliphatic carbocycles. The summed E-state index contributed by atoms with van der Waals surface area (Å²) in [6.45, 7) is 1.62. The second kappa shape index (κ2) is 4.09. The van der Waals surface area contributed by atoms with E-state index < -0.39 is 5.69 Å². The van der Waals surface area contributed by atoms with Crippen LogP contribution in [0.2, 0.25) is 0 Å². The van der Waals surface area contributed by atoms with E-state index in [1.165, 1.54) is 12.3 Å². The van der Waals surface area contributed by atoms with E-state index in [1.807, 2.05) is 0 Å². The largest absolute Gasteiger partial charge is 0.364 e. The zero-order valence-corrected chi connectivity index (χ0v) is 8.51. The minimum atomic E-state index is -0.454. The van der Waals surface area contributed by atoms with E-state index in [1.54, 1.807) is 25.1 Å². The van der Waals surface area contributed by atoms with Gasteiger partial charge in [0.15, 0.2) is 5.82 Å². The Balaban J connectivity index is 2.36. The highest BCUT2D eigenvalue weighted by atomic mass is 19.1. The molecule has 1 aromatic heterocycles. The van der Waals surface area contributed by atoms with E-state index in [4.69, 9.17) is 0 Å². The molecule has 0 saturated carbocycles. The van der Waals surface area contributed by atoms with Crippen molar-refractivity contribution in [1.82, 2.24) is 14.9 Å². The fourth-order valence-corrected chi connectivity index (χ4v) is 1.21. The summed E-state index contributed by atoms with van der Waals surface area (Å²) < 4.78 is 14.3. The van der Waals surface area contributed by atoms with Crippen LogP contribution in [0, 0.1) is 12.7 Å². The average Bonchev–Trinajstić information content (AvgIpc) is 2.58. The van der Waals surface area contributed by atoms with E-state index in [0.717, 1.165) is 4.68 Å². The number of H-pyrrole nitrogens is 1. The van der Waals surface area contributed by atoms with Crippen LogP contribution in [-0.4, -0.2) is 21.1 Å². The van der Waals surface area contributed by atoms with Crippen LogP contribution in [0.3, 0.4) is 0 Å². The molecule has 2 rings (SSSR count). The van der Waals surface area contributed by atoms with Crippen LogP contribution in [0.25, 0.3) is 0 Å². The standard InChI is InChI=1S/C10H9FN4O/c1-7-13-14-10(16)15(7)12-6-8-4-2-3-5-9(8)11/h2-6H,1H3,(H,14,16)/b12-6+. The molecule has 5 nitrogen and oxygen atoms in total. The van der Waals surface area contributed by atoms with Gasteiger partial charge in [-0.15, -0.1) is 0 Å². The van der Waals surface area contributed by atoms with Crippen LogP contribution in [0.1, 0.15) is 11.4 Å². The number of aromatic nitrogens is 3. The van der Waals surface area contributed by atoms with Gasteiger partial charge in [0, 0.05) is 5.56 Å². The van der Waals surface area contributed by atoms with Gasteiger partial charge in [-0.25, -0.2) is 14.3 Å². The van der Waals surface area contributed by atoms with Gasteiger partial charge in [0.1, 0.15) is 5.82 Å². The van der Waals surface area contributed by atoms with Crippen LogP contribution in [0.15, 0.2) is 34.2 Å². The van der Waals surface area contributed by atoms with Crippen molar-refractivity contribution in [1.29, 1.82) is 0 Å². The highest BCUT2D eigenvalue weighted by Crippen LogP contribution is 2.02. The number of hydrogen-bond donors (Lipinski definition) is 1. The molecule has 0 saturated heterocycles. The van der Waals surface area contributed by atoms with Crippen molar-refractivity contribution in [2.24, 2.45) is 5.10 Å². The van der Waals surface area contributed by atoms with Crippen molar-refractivity contribution < 1.29 is 4.39 Å². The van der Waals surface area contributed by atoms with E-state index >= 15 is 0 Å². The number of nitrogens with one attached hydrogen (secondary N) is 1. The van der Waals surface area contributed by atoms with E-state index in [-0.39, 0.29) is 5.82 Å². The summed E-state index contributed by atoms with van der Waals surface area (Å²) in [6.07, 6.45) is 1.28. The smallest absolute Gasteiger partial charge is 0.244 e. The Morgan fingerprint density at radius 1 is 1.50 bits per heavy atom. The number of halogens is 1. The van der Waals surface area contributed by atoms with Gasteiger partial charge in [-0.1, -0.05) is 18.2 Å². The molecule has 0 aliphatic heterocycles. The normalized spacial score (nSPS) is 11.1. The monoisotopic (exact) mass is 220 g/mol. The average molecular weight is 220 g/mol. The van der Waals surface area contributed by atoms with Crippen LogP contribution in [0.5, 0.6) is 0 Å². The molecule has 0 spiro atoms. The van der Waals surface area contributed by atoms with Crippen molar-refractivity contribution in [3.8, 4) is 0 Å². The zero-order valence-electron chi connectivity index (χ0n) is 8.51. The Morgan fingerprint density at radius 2 is 2.25 bits per heavy atom. The van der Waals surface area contributed by atoms with Crippen molar-refractivity contribution in [2.45, 2.75) is 6.92 Å². The van der Waals surface area contributed by atoms with Crippen molar-refractivity contribution >= 4 is 6.21 Å². The quantitative estimate of drug-likeness (QED) is 0.764. The SMILES string of the molecule is Cc1n[nH]c(=O)n1/N=C/c1ccccc1F. The number of aromatic amines is 1. The summed E-state index contributed by atoms with van der Waals surface area (Å²) in [5.41, 5.74) is -0.139. The molecule has 1 N–H and O–H groups in total. The second-order valence-corrected chi connectivity index (χ2v) is 3.15. The first-order chi connectivity index (χ1) is 7.68. The Labute approximate surface area is 90.2 Å². The molecule has 82 valence electrons. The maximum absolute atomic E-state index is 13.2. The van der Waals surface area contributed by atoms with Gasteiger partial charge in [-0.3, -0.25) is 0 Å². The van der Waals surface area contributed by atoms with E-state index in [2.05, 4.69) is 15.3 Å². The first kappa shape index (κ1) is 10.3. The minimum absolute atomic E-state index is 0.315. The number of hydrogen-bond acceptors (Lipinski definition) is 3. The van der Waals surface area contributed by atoms with Crippen LogP contribution in [0.4, 0.5) is 4.39 Å². The lowest BCUT2D eigenvalue weighted by Crippen LogP contribution is -2.13. The first-order valence-corrected chi connectivity index (χ1v) is 4.61. The third-order valence-corrected chi connectivity index (χ3v) is 2.03. The lowest BCUT2D eigenvalue weighted by Gasteiger charge is -1.95. The molecule has 0 fully saturated rings. The summed E-state index contributed by atoms with van der Waals surface area (Å²) >= 11 is 0. The van der Waals surface area contributed by atoms with Crippen molar-refractivity contribution in [3.05, 3.63) is 52.0 Å². The molecule has 1 heterocycles. The molecule has 0 amide bonds. The van der Waals surface area contributed by atoms with Gasteiger partial charge in [-0.2, -0.15) is 14.9 Å². The second-order valence-electron chi connectivity index (χ2n) is 3.15. The topological polar surface area (TPSA) is 63.0 Å². The zero-order chi connectivity index (χ0) is 11.5. The van der Waals surface area contributed by atoms with E-state index in [0.29, 0.717) is 11.4 Å². The van der Waals surface area contributed by atoms with Crippen molar-refractivity contribution in [3.63, 3.8) is 0 Å². The molecule has 16 heavy (non-hydrogen) atoms. The molecule has 0 atom stereocenters. The summed E-state index contributed by atoms with van der Waals surface area (Å²) in [5, 5.41) is 9.75. The van der Waals surface area contributed by atoms with Gasteiger partial charge in [0.2, 0.25) is 0 Å². The number of rotatable bonds is 2. The van der Waals surface area contributed by atoms with Gasteiger partial charge in [0.25, 0.3) is 0 Å². The third kappa shape index (κ3) is 1.90. The highest BCUT2D eigenvalue weighted by molar-refractivity contribution is 5.79. The molecule has 0 aliphatic rings. The maximum atomic E-state index is 13.2. The van der Waals surface area contributed by atoms with Crippen LogP contribution < -0.4 is 5.69 Å². The Hall–Kier alpha value is -2.24. The maximum Gasteiger partial charge on any atom is 0.364 e. The number of nitrogens with zero attached hydrogens (tertiary/aromatic N) is 3. The summed E-state index contributed by atoms with van der Waals surface area (Å²) in [6, 6.07) is 6.17. The number of benzene rings is 1. The predicted octanol–water partition coefficient (Wildman–Crippen LogP) is 0.901. The van der Waals surface area contributed by atoms with Crippen molar-refractivity contribution in [2.75, 3.05) is 0 Å². The Bertz CT molecular complexity index is 585. The summed E-state index contributed by atoms with van der Waals surface area (Å²) in [5.74, 6) is 0.0260. The lowest BCUT2D eigenvalue weighted by atomic mass is 10.2. The third-order valence-electron chi connectivity index (χ3n) is 2.03. The van der Waals surface area contributed by atoms with Gasteiger partial charge in [-0.05, 0) is 13.0 Å². The highest BCUT2D eigenvalue weighted by Gasteiger charge is 2.01. The molecule has 0 radical (unpaired) electrons. The number of aryl methyl sites for hydroxylation is 1. The molecule has 0 bridgehead atoms. The van der Waals surface area contributed by atoms with E-state index in [9.17, 15) is 9.18 Å². The fourth-order valence-electron chi connectivity index (χ4n) is 1.21. The van der Waals surface area contributed by atoms with Crippen LogP contribution in [-0.2, 0) is 0 Å².